The molecule has 3 N–H and O–H groups in total. The molecule has 1 aliphatic heterocycles. The first-order valence-electron chi connectivity index (χ1n) is 7.80. The number of carbonyl (C=O) groups is 1. The Hall–Kier alpha value is -0.610. The van der Waals surface area contributed by atoms with Crippen LogP contribution in [-0.2, 0) is 4.79 Å². The van der Waals surface area contributed by atoms with Gasteiger partial charge in [-0.25, -0.2) is 0 Å². The molecule has 3 unspecified atom stereocenters. The van der Waals surface area contributed by atoms with Crippen molar-refractivity contribution >= 4 is 5.91 Å². The summed E-state index contributed by atoms with van der Waals surface area (Å²) in [5, 5.41) is 3.14. The number of likely N-dealkylation sites (tertiary alicyclic amines) is 1. The SMILES string of the molecule is CC(C)CN1CCC(CNC(=O)C2CCC(N)C2)C1. The zero-order valence-corrected chi connectivity index (χ0v) is 12.4. The molecule has 0 spiro atoms. The van der Waals surface area contributed by atoms with Crippen LogP contribution in [0.2, 0.25) is 0 Å². The van der Waals surface area contributed by atoms with Crippen LogP contribution in [0.3, 0.4) is 0 Å². The zero-order chi connectivity index (χ0) is 13.8. The van der Waals surface area contributed by atoms with Gasteiger partial charge in [0, 0.05) is 31.6 Å². The van der Waals surface area contributed by atoms with Gasteiger partial charge in [0.15, 0.2) is 0 Å². The molecule has 0 radical (unpaired) electrons. The molecule has 1 saturated heterocycles. The van der Waals surface area contributed by atoms with Crippen LogP contribution < -0.4 is 11.1 Å². The second kappa shape index (κ2) is 6.71. The third kappa shape index (κ3) is 4.46. The molecule has 0 bridgehead atoms. The number of carbonyl (C=O) groups excluding carboxylic acids is 1. The van der Waals surface area contributed by atoms with Gasteiger partial charge in [-0.1, -0.05) is 13.8 Å². The number of nitrogens with one attached hydrogen (secondary N) is 1. The van der Waals surface area contributed by atoms with Gasteiger partial charge in [-0.2, -0.15) is 0 Å². The fourth-order valence-electron chi connectivity index (χ4n) is 3.41. The normalized spacial score (nSPS) is 32.1. The van der Waals surface area contributed by atoms with E-state index in [-0.39, 0.29) is 17.9 Å². The Morgan fingerprint density at radius 1 is 1.37 bits per heavy atom. The summed E-state index contributed by atoms with van der Waals surface area (Å²) >= 11 is 0. The molecule has 0 aromatic rings. The van der Waals surface area contributed by atoms with E-state index in [9.17, 15) is 4.79 Å². The van der Waals surface area contributed by atoms with E-state index in [2.05, 4.69) is 24.1 Å². The van der Waals surface area contributed by atoms with Crippen LogP contribution in [0.5, 0.6) is 0 Å². The lowest BCUT2D eigenvalue weighted by Crippen LogP contribution is -2.35. The highest BCUT2D eigenvalue weighted by molar-refractivity contribution is 5.79. The van der Waals surface area contributed by atoms with Crippen LogP contribution in [0.15, 0.2) is 0 Å². The highest BCUT2D eigenvalue weighted by Crippen LogP contribution is 2.24. The predicted molar refractivity (Wildman–Crippen MR) is 77.7 cm³/mol. The van der Waals surface area contributed by atoms with Crippen LogP contribution in [0.1, 0.15) is 39.5 Å². The molecule has 0 aromatic heterocycles. The highest BCUT2D eigenvalue weighted by Gasteiger charge is 2.29. The van der Waals surface area contributed by atoms with Gasteiger partial charge < -0.3 is 16.0 Å². The number of hydrogen-bond donors (Lipinski definition) is 2. The molecule has 3 atom stereocenters. The molecule has 1 amide bonds. The molecule has 1 heterocycles. The minimum Gasteiger partial charge on any atom is -0.356 e. The summed E-state index contributed by atoms with van der Waals surface area (Å²) < 4.78 is 0. The lowest BCUT2D eigenvalue weighted by atomic mass is 10.1. The van der Waals surface area contributed by atoms with Crippen molar-refractivity contribution < 1.29 is 4.79 Å². The summed E-state index contributed by atoms with van der Waals surface area (Å²) in [6, 6.07) is 0.240. The standard InChI is InChI=1S/C15H29N3O/c1-11(2)9-18-6-5-12(10-18)8-17-15(19)13-3-4-14(16)7-13/h11-14H,3-10,16H2,1-2H3,(H,17,19). The first kappa shape index (κ1) is 14.8. The van der Waals surface area contributed by atoms with E-state index in [0.29, 0.717) is 5.92 Å². The van der Waals surface area contributed by atoms with Gasteiger partial charge in [-0.15, -0.1) is 0 Å². The molecule has 0 aromatic carbocycles. The van der Waals surface area contributed by atoms with Gasteiger partial charge >= 0.3 is 0 Å². The average Bonchev–Trinajstić information content (AvgIpc) is 2.94. The van der Waals surface area contributed by atoms with E-state index in [0.717, 1.165) is 38.3 Å². The van der Waals surface area contributed by atoms with Crippen molar-refractivity contribution in [2.24, 2.45) is 23.5 Å². The monoisotopic (exact) mass is 267 g/mol. The summed E-state index contributed by atoms with van der Waals surface area (Å²) in [4.78, 5) is 14.5. The Morgan fingerprint density at radius 3 is 2.79 bits per heavy atom. The van der Waals surface area contributed by atoms with E-state index in [4.69, 9.17) is 5.73 Å². The fraction of sp³-hybridized carbons (Fsp3) is 0.933. The Morgan fingerprint density at radius 2 is 2.16 bits per heavy atom. The Kier molecular flexibility index (Phi) is 5.22. The number of amides is 1. The minimum absolute atomic E-state index is 0.170. The Bertz CT molecular complexity index is 306. The smallest absolute Gasteiger partial charge is 0.223 e. The molecular weight excluding hydrogens is 238 g/mol. The van der Waals surface area contributed by atoms with Crippen LogP contribution in [-0.4, -0.2) is 43.0 Å². The molecule has 2 rings (SSSR count). The van der Waals surface area contributed by atoms with Gasteiger partial charge in [0.2, 0.25) is 5.91 Å². The quantitative estimate of drug-likeness (QED) is 0.787. The number of rotatable bonds is 5. The molecule has 110 valence electrons. The Balaban J connectivity index is 1.65. The molecule has 1 saturated carbocycles. The van der Waals surface area contributed by atoms with Crippen molar-refractivity contribution in [3.8, 4) is 0 Å². The van der Waals surface area contributed by atoms with Crippen LogP contribution >= 0.6 is 0 Å². The van der Waals surface area contributed by atoms with Crippen molar-refractivity contribution in [3.63, 3.8) is 0 Å². The molecular formula is C15H29N3O. The van der Waals surface area contributed by atoms with Gasteiger partial charge in [0.05, 0.1) is 0 Å². The second-order valence-electron chi connectivity index (χ2n) is 6.82. The number of nitrogens with zero attached hydrogens (tertiary/aromatic N) is 1. The van der Waals surface area contributed by atoms with E-state index >= 15 is 0 Å². The van der Waals surface area contributed by atoms with E-state index in [1.54, 1.807) is 0 Å². The Labute approximate surface area is 117 Å². The molecule has 2 aliphatic rings. The lowest BCUT2D eigenvalue weighted by Gasteiger charge is -2.18. The fourth-order valence-corrected chi connectivity index (χ4v) is 3.41. The van der Waals surface area contributed by atoms with Crippen molar-refractivity contribution in [1.82, 2.24) is 10.2 Å². The maximum Gasteiger partial charge on any atom is 0.223 e. The summed E-state index contributed by atoms with van der Waals surface area (Å²) in [6.07, 6.45) is 4.06. The van der Waals surface area contributed by atoms with Gasteiger partial charge in [-0.05, 0) is 44.1 Å². The molecule has 19 heavy (non-hydrogen) atoms. The van der Waals surface area contributed by atoms with E-state index < -0.39 is 0 Å². The maximum atomic E-state index is 12.0. The molecule has 4 heteroatoms. The summed E-state index contributed by atoms with van der Waals surface area (Å²) in [5.41, 5.74) is 5.86. The van der Waals surface area contributed by atoms with Crippen LogP contribution in [0.4, 0.5) is 0 Å². The topological polar surface area (TPSA) is 58.4 Å². The van der Waals surface area contributed by atoms with Crippen LogP contribution in [0.25, 0.3) is 0 Å². The van der Waals surface area contributed by atoms with Gasteiger partial charge in [0.25, 0.3) is 0 Å². The lowest BCUT2D eigenvalue weighted by molar-refractivity contribution is -0.125. The second-order valence-corrected chi connectivity index (χ2v) is 6.82. The van der Waals surface area contributed by atoms with Crippen molar-refractivity contribution in [1.29, 1.82) is 0 Å². The first-order chi connectivity index (χ1) is 9.04. The van der Waals surface area contributed by atoms with Crippen molar-refractivity contribution in [2.75, 3.05) is 26.2 Å². The van der Waals surface area contributed by atoms with Gasteiger partial charge in [0.1, 0.15) is 0 Å². The summed E-state index contributed by atoms with van der Waals surface area (Å²) in [5.74, 6) is 1.77. The van der Waals surface area contributed by atoms with Crippen LogP contribution in [0, 0.1) is 17.8 Å². The summed E-state index contributed by atoms with van der Waals surface area (Å²) in [6.45, 7) is 8.88. The van der Waals surface area contributed by atoms with Gasteiger partial charge in [-0.3, -0.25) is 4.79 Å². The van der Waals surface area contributed by atoms with Crippen molar-refractivity contribution in [3.05, 3.63) is 0 Å². The molecule has 4 nitrogen and oxygen atoms in total. The maximum absolute atomic E-state index is 12.0. The molecule has 2 fully saturated rings. The average molecular weight is 267 g/mol. The predicted octanol–water partition coefficient (Wildman–Crippen LogP) is 1.21. The minimum atomic E-state index is 0.170. The van der Waals surface area contributed by atoms with E-state index in [1.165, 1.54) is 19.5 Å². The van der Waals surface area contributed by atoms with Crippen molar-refractivity contribution in [2.45, 2.75) is 45.6 Å². The third-order valence-corrected chi connectivity index (χ3v) is 4.40. The largest absolute Gasteiger partial charge is 0.356 e. The first-order valence-corrected chi connectivity index (χ1v) is 7.80. The number of nitrogens with two attached hydrogens (primary N) is 1. The molecule has 1 aliphatic carbocycles. The zero-order valence-electron chi connectivity index (χ0n) is 12.4. The number of hydrogen-bond acceptors (Lipinski definition) is 3. The summed E-state index contributed by atoms with van der Waals surface area (Å²) in [7, 11) is 0. The third-order valence-electron chi connectivity index (χ3n) is 4.40. The van der Waals surface area contributed by atoms with E-state index in [1.807, 2.05) is 0 Å². The highest BCUT2D eigenvalue weighted by atomic mass is 16.1.